The van der Waals surface area contributed by atoms with Gasteiger partial charge in [0, 0.05) is 98.0 Å². The number of likely N-dealkylation sites (N-methyl/N-ethyl adjacent to an activating group) is 2. The molecular weight excluding hydrogens is 665 g/mol. The Hall–Kier alpha value is -6.53. The van der Waals surface area contributed by atoms with Crippen molar-refractivity contribution in [1.82, 2.24) is 34.0 Å². The summed E-state index contributed by atoms with van der Waals surface area (Å²) in [6, 6.07) is 24.0. The Balaban J connectivity index is 1.45. The summed E-state index contributed by atoms with van der Waals surface area (Å²) in [5.41, 5.74) is 7.38. The van der Waals surface area contributed by atoms with Crippen LogP contribution in [0.25, 0.3) is 44.3 Å². The summed E-state index contributed by atoms with van der Waals surface area (Å²) in [5.74, 6) is 0.794. The van der Waals surface area contributed by atoms with E-state index in [4.69, 9.17) is 24.7 Å². The molecule has 0 bridgehead atoms. The lowest BCUT2D eigenvalue weighted by Gasteiger charge is -2.28. The second kappa shape index (κ2) is 14.6. The van der Waals surface area contributed by atoms with Gasteiger partial charge in [-0.3, -0.25) is 4.79 Å². The average Bonchev–Trinajstić information content (AvgIpc) is 3.70. The van der Waals surface area contributed by atoms with Crippen LogP contribution in [0.5, 0.6) is 5.75 Å². The smallest absolute Gasteiger partial charge is 0.247 e. The standard InChI is InChI=1S/C41H42N10O2/c1-8-39(52)44-33-23-37(38(53-7)24-36(33)48(4)22-21-47(2)3)51(40-42-19-17-31(45-40)29-25-49(5)34-15-11-9-13-27(29)34)41-43-20-18-32(46-41)30-26-50(6)35-16-12-10-14-28(30)35/h8-20,23-26H,1,21-22H2,2-7H3,(H,44,52). The van der Waals surface area contributed by atoms with Crippen LogP contribution in [-0.2, 0) is 18.9 Å². The van der Waals surface area contributed by atoms with Crippen molar-refractivity contribution in [2.24, 2.45) is 14.1 Å². The van der Waals surface area contributed by atoms with Gasteiger partial charge >= 0.3 is 0 Å². The van der Waals surface area contributed by atoms with Gasteiger partial charge in [0.25, 0.3) is 0 Å². The third kappa shape index (κ3) is 6.79. The van der Waals surface area contributed by atoms with Crippen LogP contribution in [0.3, 0.4) is 0 Å². The molecule has 0 aliphatic rings. The fourth-order valence-corrected chi connectivity index (χ4v) is 6.57. The topological polar surface area (TPSA) is 109 Å². The van der Waals surface area contributed by atoms with Crippen LogP contribution in [0.15, 0.2) is 110 Å². The number of carbonyl (C=O) groups is 1. The lowest BCUT2D eigenvalue weighted by atomic mass is 10.1. The van der Waals surface area contributed by atoms with Crippen molar-refractivity contribution in [3.8, 4) is 28.3 Å². The van der Waals surface area contributed by atoms with Crippen LogP contribution >= 0.6 is 0 Å². The van der Waals surface area contributed by atoms with E-state index in [0.717, 1.165) is 56.6 Å². The lowest BCUT2D eigenvalue weighted by molar-refractivity contribution is -0.111. The summed E-state index contributed by atoms with van der Waals surface area (Å²) in [6.45, 7) is 5.18. The fraction of sp³-hybridized carbons (Fsp3) is 0.195. The molecule has 0 saturated carbocycles. The number of methoxy groups -OCH3 is 1. The van der Waals surface area contributed by atoms with Crippen molar-refractivity contribution in [1.29, 1.82) is 0 Å². The molecule has 12 heteroatoms. The number of para-hydroxylation sites is 2. The highest BCUT2D eigenvalue weighted by Gasteiger charge is 2.27. The number of nitrogens with one attached hydrogen (secondary N) is 1. The van der Waals surface area contributed by atoms with Crippen molar-refractivity contribution >= 4 is 56.7 Å². The average molecular weight is 707 g/mol. The van der Waals surface area contributed by atoms with Gasteiger partial charge in [0.05, 0.1) is 35.6 Å². The minimum atomic E-state index is -0.349. The fourth-order valence-electron chi connectivity index (χ4n) is 6.57. The van der Waals surface area contributed by atoms with E-state index in [2.05, 4.69) is 67.5 Å². The molecule has 268 valence electrons. The normalized spacial score (nSPS) is 11.3. The molecule has 0 atom stereocenters. The number of amides is 1. The quantitative estimate of drug-likeness (QED) is 0.132. The van der Waals surface area contributed by atoms with Gasteiger partial charge in [-0.15, -0.1) is 0 Å². The van der Waals surface area contributed by atoms with Gasteiger partial charge in [0.2, 0.25) is 17.8 Å². The molecule has 1 N–H and O–H groups in total. The summed E-state index contributed by atoms with van der Waals surface area (Å²) in [7, 11) is 11.7. The molecule has 12 nitrogen and oxygen atoms in total. The van der Waals surface area contributed by atoms with Crippen LogP contribution in [0.2, 0.25) is 0 Å². The Labute approximate surface area is 308 Å². The molecule has 0 radical (unpaired) electrons. The number of aryl methyl sites for hydroxylation is 2. The van der Waals surface area contributed by atoms with E-state index in [1.54, 1.807) is 24.4 Å². The summed E-state index contributed by atoms with van der Waals surface area (Å²) in [6.07, 6.45) is 8.86. The van der Waals surface area contributed by atoms with E-state index in [-0.39, 0.29) is 5.91 Å². The Morgan fingerprint density at radius 2 is 1.34 bits per heavy atom. The Bertz CT molecular complexity index is 2340. The van der Waals surface area contributed by atoms with Crippen LogP contribution in [0.4, 0.5) is 29.0 Å². The first-order chi connectivity index (χ1) is 25.7. The van der Waals surface area contributed by atoms with Gasteiger partial charge in [0.15, 0.2) is 0 Å². The van der Waals surface area contributed by atoms with E-state index in [1.165, 1.54) is 6.08 Å². The molecule has 7 aromatic rings. The molecule has 3 aromatic carbocycles. The summed E-state index contributed by atoms with van der Waals surface area (Å²) < 4.78 is 10.3. The first kappa shape index (κ1) is 34.9. The molecule has 7 rings (SSSR count). The molecule has 0 fully saturated rings. The summed E-state index contributed by atoms with van der Waals surface area (Å²) in [5, 5.41) is 5.15. The highest BCUT2D eigenvalue weighted by molar-refractivity contribution is 6.03. The molecule has 0 aliphatic heterocycles. The maximum Gasteiger partial charge on any atom is 0.247 e. The van der Waals surface area contributed by atoms with Gasteiger partial charge in [-0.05, 0) is 50.5 Å². The lowest BCUT2D eigenvalue weighted by Crippen LogP contribution is -2.29. The number of fused-ring (bicyclic) bond motifs is 2. The Morgan fingerprint density at radius 3 is 1.85 bits per heavy atom. The predicted molar refractivity (Wildman–Crippen MR) is 213 cm³/mol. The van der Waals surface area contributed by atoms with Crippen molar-refractivity contribution < 1.29 is 9.53 Å². The van der Waals surface area contributed by atoms with Gasteiger partial charge in [-0.1, -0.05) is 43.0 Å². The second-order valence-electron chi connectivity index (χ2n) is 13.1. The maximum absolute atomic E-state index is 12.9. The zero-order valence-electron chi connectivity index (χ0n) is 30.8. The van der Waals surface area contributed by atoms with Gasteiger partial charge in [-0.2, -0.15) is 0 Å². The van der Waals surface area contributed by atoms with Crippen molar-refractivity contribution in [2.75, 3.05) is 56.5 Å². The SMILES string of the molecule is C=CC(=O)Nc1cc(N(c2nccc(-c3cn(C)c4ccccc34)n2)c2nccc(-c3cn(C)c4ccccc34)n2)c(OC)cc1N(C)CCN(C)C. The molecule has 1 amide bonds. The molecule has 0 spiro atoms. The molecule has 53 heavy (non-hydrogen) atoms. The largest absolute Gasteiger partial charge is 0.494 e. The van der Waals surface area contributed by atoms with Gasteiger partial charge in [0.1, 0.15) is 5.75 Å². The minimum Gasteiger partial charge on any atom is -0.494 e. The molecular formula is C41H42N10O2. The number of hydrogen-bond acceptors (Lipinski definition) is 9. The van der Waals surface area contributed by atoms with E-state index < -0.39 is 0 Å². The number of nitrogens with zero attached hydrogens (tertiary/aromatic N) is 9. The number of ether oxygens (including phenoxy) is 1. The number of hydrogen-bond donors (Lipinski definition) is 1. The van der Waals surface area contributed by atoms with Crippen molar-refractivity contribution in [3.05, 3.63) is 110 Å². The van der Waals surface area contributed by atoms with Crippen LogP contribution in [-0.4, -0.2) is 81.2 Å². The molecule has 4 aromatic heterocycles. The number of anilines is 5. The third-order valence-corrected chi connectivity index (χ3v) is 9.31. The van der Waals surface area contributed by atoms with Crippen LogP contribution in [0, 0.1) is 0 Å². The first-order valence-electron chi connectivity index (χ1n) is 17.2. The number of aromatic nitrogens is 6. The highest BCUT2D eigenvalue weighted by Crippen LogP contribution is 2.44. The predicted octanol–water partition coefficient (Wildman–Crippen LogP) is 7.18. The maximum atomic E-state index is 12.9. The van der Waals surface area contributed by atoms with Crippen molar-refractivity contribution in [3.63, 3.8) is 0 Å². The summed E-state index contributed by atoms with van der Waals surface area (Å²) >= 11 is 0. The van der Waals surface area contributed by atoms with Gasteiger partial charge in [-0.25, -0.2) is 24.8 Å². The minimum absolute atomic E-state index is 0.318. The first-order valence-corrected chi connectivity index (χ1v) is 17.2. The van der Waals surface area contributed by atoms with E-state index >= 15 is 0 Å². The van der Waals surface area contributed by atoms with Crippen LogP contribution in [0.1, 0.15) is 0 Å². The van der Waals surface area contributed by atoms with Gasteiger partial charge < -0.3 is 29.0 Å². The Kier molecular flexibility index (Phi) is 9.62. The number of carbonyl (C=O) groups excluding carboxylic acids is 1. The molecule has 0 saturated heterocycles. The second-order valence-corrected chi connectivity index (χ2v) is 13.1. The van der Waals surface area contributed by atoms with E-state index in [1.807, 2.05) is 83.8 Å². The molecule has 4 heterocycles. The third-order valence-electron chi connectivity index (χ3n) is 9.31. The summed E-state index contributed by atoms with van der Waals surface area (Å²) in [4.78, 5) is 38.7. The monoisotopic (exact) mass is 706 g/mol. The van der Waals surface area contributed by atoms with E-state index in [0.29, 0.717) is 35.6 Å². The van der Waals surface area contributed by atoms with Crippen molar-refractivity contribution in [2.45, 2.75) is 0 Å². The number of benzene rings is 3. The molecule has 0 aliphatic carbocycles. The molecule has 0 unspecified atom stereocenters. The number of rotatable bonds is 12. The Morgan fingerprint density at radius 1 is 0.792 bits per heavy atom. The highest BCUT2D eigenvalue weighted by atomic mass is 16.5. The zero-order valence-corrected chi connectivity index (χ0v) is 30.8. The van der Waals surface area contributed by atoms with Crippen LogP contribution < -0.4 is 19.9 Å². The zero-order chi connectivity index (χ0) is 37.2. The van der Waals surface area contributed by atoms with E-state index in [9.17, 15) is 4.79 Å².